The molecule has 1 radical (unpaired) electrons. The number of piperidine rings is 1. The van der Waals surface area contributed by atoms with Gasteiger partial charge in [0.1, 0.15) is 5.82 Å². The molecule has 0 aromatic heterocycles. The van der Waals surface area contributed by atoms with Crippen molar-refractivity contribution in [2.24, 2.45) is 5.92 Å². The van der Waals surface area contributed by atoms with Crippen molar-refractivity contribution < 1.29 is 4.39 Å². The van der Waals surface area contributed by atoms with Crippen molar-refractivity contribution in [3.05, 3.63) is 30.1 Å². The molecule has 1 fully saturated rings. The molecule has 1 aromatic carbocycles. The van der Waals surface area contributed by atoms with Crippen molar-refractivity contribution in [3.8, 4) is 0 Å². The molecule has 1 aliphatic rings. The van der Waals surface area contributed by atoms with Crippen LogP contribution in [0.2, 0.25) is 0 Å². The van der Waals surface area contributed by atoms with Gasteiger partial charge in [-0.1, -0.05) is 13.0 Å². The first-order valence-electron chi connectivity index (χ1n) is 5.18. The Morgan fingerprint density at radius 1 is 1.43 bits per heavy atom. The van der Waals surface area contributed by atoms with E-state index in [1.165, 1.54) is 6.07 Å². The third-order valence-electron chi connectivity index (χ3n) is 2.92. The molecule has 0 N–H and O–H groups in total. The molecular weight excluding hydrogens is 177 g/mol. The summed E-state index contributed by atoms with van der Waals surface area (Å²) in [5.41, 5.74) is 0.732. The van der Waals surface area contributed by atoms with Gasteiger partial charge >= 0.3 is 0 Å². The van der Waals surface area contributed by atoms with E-state index in [0.29, 0.717) is 0 Å². The maximum absolute atomic E-state index is 13.4. The minimum absolute atomic E-state index is 0.151. The Balaban J connectivity index is 2.12. The van der Waals surface area contributed by atoms with E-state index in [-0.39, 0.29) is 5.82 Å². The van der Waals surface area contributed by atoms with E-state index in [1.807, 2.05) is 6.07 Å². The number of rotatable bonds is 1. The van der Waals surface area contributed by atoms with Crippen LogP contribution in [0.5, 0.6) is 0 Å². The monoisotopic (exact) mass is 192 g/mol. The van der Waals surface area contributed by atoms with Crippen LogP contribution in [0.15, 0.2) is 18.2 Å². The summed E-state index contributed by atoms with van der Waals surface area (Å²) in [5.74, 6) is 0.631. The van der Waals surface area contributed by atoms with Crippen LogP contribution in [-0.4, -0.2) is 13.1 Å². The number of nitrogens with zero attached hydrogens (tertiary/aromatic N) is 1. The van der Waals surface area contributed by atoms with Crippen LogP contribution in [0, 0.1) is 17.8 Å². The van der Waals surface area contributed by atoms with E-state index in [1.54, 1.807) is 6.07 Å². The van der Waals surface area contributed by atoms with Crippen molar-refractivity contribution in [2.75, 3.05) is 18.0 Å². The highest BCUT2D eigenvalue weighted by Crippen LogP contribution is 2.24. The first-order chi connectivity index (χ1) is 6.77. The lowest BCUT2D eigenvalue weighted by Crippen LogP contribution is -2.33. The molecule has 0 aliphatic carbocycles. The zero-order valence-electron chi connectivity index (χ0n) is 8.46. The van der Waals surface area contributed by atoms with E-state index < -0.39 is 0 Å². The van der Waals surface area contributed by atoms with Crippen LogP contribution in [0.3, 0.4) is 0 Å². The molecule has 1 saturated heterocycles. The third-order valence-corrected chi connectivity index (χ3v) is 2.92. The molecule has 0 spiro atoms. The third kappa shape index (κ3) is 1.89. The van der Waals surface area contributed by atoms with E-state index in [2.05, 4.69) is 17.9 Å². The van der Waals surface area contributed by atoms with Crippen LogP contribution in [0.25, 0.3) is 0 Å². The zero-order valence-corrected chi connectivity index (χ0v) is 8.46. The van der Waals surface area contributed by atoms with E-state index in [0.717, 1.165) is 37.5 Å². The SMILES string of the molecule is CC1CCN(c2cc[c]cc2F)CC1. The summed E-state index contributed by atoms with van der Waals surface area (Å²) in [6.45, 7) is 4.21. The van der Waals surface area contributed by atoms with Crippen LogP contribution in [0.4, 0.5) is 10.1 Å². The molecule has 2 rings (SSSR count). The summed E-state index contributed by atoms with van der Waals surface area (Å²) in [6.07, 6.45) is 2.33. The second-order valence-electron chi connectivity index (χ2n) is 4.05. The smallest absolute Gasteiger partial charge is 0.147 e. The van der Waals surface area contributed by atoms with Crippen molar-refractivity contribution >= 4 is 5.69 Å². The van der Waals surface area contributed by atoms with Crippen molar-refractivity contribution in [1.82, 2.24) is 0 Å². The molecule has 0 unspecified atom stereocenters. The highest BCUT2D eigenvalue weighted by atomic mass is 19.1. The molecule has 0 bridgehead atoms. The molecule has 1 nitrogen and oxygen atoms in total. The maximum Gasteiger partial charge on any atom is 0.147 e. The molecular formula is C12H15FN. The normalized spacial score (nSPS) is 18.6. The van der Waals surface area contributed by atoms with Gasteiger partial charge in [0.15, 0.2) is 0 Å². The second kappa shape index (κ2) is 3.99. The van der Waals surface area contributed by atoms with Gasteiger partial charge < -0.3 is 4.90 Å². The first kappa shape index (κ1) is 9.50. The number of benzene rings is 1. The summed E-state index contributed by atoms with van der Waals surface area (Å²) >= 11 is 0. The first-order valence-corrected chi connectivity index (χ1v) is 5.18. The van der Waals surface area contributed by atoms with Gasteiger partial charge in [0, 0.05) is 13.1 Å². The molecule has 14 heavy (non-hydrogen) atoms. The fraction of sp³-hybridized carbons (Fsp3) is 0.500. The molecule has 0 atom stereocenters. The molecule has 1 aliphatic heterocycles. The van der Waals surface area contributed by atoms with E-state index in [9.17, 15) is 4.39 Å². The summed E-state index contributed by atoms with van der Waals surface area (Å²) in [6, 6.07) is 7.74. The molecule has 0 saturated carbocycles. The predicted octanol–water partition coefficient (Wildman–Crippen LogP) is 2.86. The Morgan fingerprint density at radius 3 is 2.79 bits per heavy atom. The largest absolute Gasteiger partial charge is 0.369 e. The Kier molecular flexibility index (Phi) is 2.71. The van der Waals surface area contributed by atoms with Gasteiger partial charge in [-0.2, -0.15) is 0 Å². The van der Waals surface area contributed by atoms with Gasteiger partial charge in [-0.05, 0) is 37.0 Å². The van der Waals surface area contributed by atoms with Crippen molar-refractivity contribution in [2.45, 2.75) is 19.8 Å². The average molecular weight is 192 g/mol. The van der Waals surface area contributed by atoms with Crippen LogP contribution in [0.1, 0.15) is 19.8 Å². The maximum atomic E-state index is 13.4. The summed E-state index contributed by atoms with van der Waals surface area (Å²) < 4.78 is 13.4. The van der Waals surface area contributed by atoms with E-state index in [4.69, 9.17) is 0 Å². The van der Waals surface area contributed by atoms with Gasteiger partial charge in [-0.15, -0.1) is 0 Å². The highest BCUT2D eigenvalue weighted by molar-refractivity contribution is 5.47. The fourth-order valence-corrected chi connectivity index (χ4v) is 1.91. The van der Waals surface area contributed by atoms with Crippen LogP contribution >= 0.6 is 0 Å². The van der Waals surface area contributed by atoms with Gasteiger partial charge in [-0.25, -0.2) is 4.39 Å². The van der Waals surface area contributed by atoms with Gasteiger partial charge in [-0.3, -0.25) is 0 Å². The number of hydrogen-bond acceptors (Lipinski definition) is 1. The predicted molar refractivity (Wildman–Crippen MR) is 55.8 cm³/mol. The standard InChI is InChI=1S/C12H15FN/c1-10-6-8-14(9-7-10)12-5-3-2-4-11(12)13/h3-5,10H,6-9H2,1H3. The molecule has 75 valence electrons. The average Bonchev–Trinajstić information content (AvgIpc) is 2.20. The Morgan fingerprint density at radius 2 is 2.14 bits per heavy atom. The number of halogens is 1. The number of anilines is 1. The lowest BCUT2D eigenvalue weighted by atomic mass is 9.99. The quantitative estimate of drug-likeness (QED) is 0.661. The topological polar surface area (TPSA) is 3.24 Å². The minimum atomic E-state index is -0.151. The van der Waals surface area contributed by atoms with Crippen molar-refractivity contribution in [3.63, 3.8) is 0 Å². The minimum Gasteiger partial charge on any atom is -0.369 e. The van der Waals surface area contributed by atoms with Gasteiger partial charge in [0.25, 0.3) is 0 Å². The van der Waals surface area contributed by atoms with E-state index >= 15 is 0 Å². The van der Waals surface area contributed by atoms with Crippen LogP contribution in [-0.2, 0) is 0 Å². The van der Waals surface area contributed by atoms with Gasteiger partial charge in [0.05, 0.1) is 5.69 Å². The fourth-order valence-electron chi connectivity index (χ4n) is 1.91. The second-order valence-corrected chi connectivity index (χ2v) is 4.05. The lowest BCUT2D eigenvalue weighted by Gasteiger charge is -2.32. The molecule has 0 amide bonds. The zero-order chi connectivity index (χ0) is 9.97. The van der Waals surface area contributed by atoms with Gasteiger partial charge in [0.2, 0.25) is 0 Å². The summed E-state index contributed by atoms with van der Waals surface area (Å²) in [4.78, 5) is 2.13. The highest BCUT2D eigenvalue weighted by Gasteiger charge is 2.17. The Bertz CT molecular complexity index is 303. The Labute approximate surface area is 84.5 Å². The lowest BCUT2D eigenvalue weighted by molar-refractivity contribution is 0.434. The molecule has 2 heteroatoms. The van der Waals surface area contributed by atoms with Crippen LogP contribution < -0.4 is 4.90 Å². The summed E-state index contributed by atoms with van der Waals surface area (Å²) in [5, 5.41) is 0. The molecule has 1 aromatic rings. The Hall–Kier alpha value is -1.05. The number of hydrogen-bond donors (Lipinski definition) is 0. The van der Waals surface area contributed by atoms with Crippen molar-refractivity contribution in [1.29, 1.82) is 0 Å². The molecule has 1 heterocycles. The summed E-state index contributed by atoms with van der Waals surface area (Å²) in [7, 11) is 0.